The van der Waals surface area contributed by atoms with Crippen LogP contribution in [0.2, 0.25) is 0 Å². The molecule has 1 aliphatic heterocycles. The fraction of sp³-hybridized carbons (Fsp3) is 0.833. The molecule has 0 aromatic carbocycles. The highest BCUT2D eigenvalue weighted by atomic mass is 15.1. The maximum absolute atomic E-state index is 3.48. The van der Waals surface area contributed by atoms with Crippen molar-refractivity contribution in [2.45, 2.75) is 33.6 Å². The normalized spacial score (nSPS) is 22.7. The number of rotatable bonds is 2. The van der Waals surface area contributed by atoms with Crippen LogP contribution in [-0.2, 0) is 0 Å². The first-order valence-electron chi connectivity index (χ1n) is 5.41. The van der Waals surface area contributed by atoms with Crippen molar-refractivity contribution in [2.24, 2.45) is 11.8 Å². The third-order valence-corrected chi connectivity index (χ3v) is 2.66. The standard InChI is InChI=1S/C8H17N.C4H8/c1-7(2)8-4-5-9(3)6-8;1-3-4-2/h7-8H,4-6H2,1-3H3;3H,1,4H2,2H3. The molecule has 0 spiro atoms. The van der Waals surface area contributed by atoms with Gasteiger partial charge in [0.05, 0.1) is 0 Å². The van der Waals surface area contributed by atoms with Crippen molar-refractivity contribution in [1.29, 1.82) is 0 Å². The van der Waals surface area contributed by atoms with Crippen LogP contribution in [0.3, 0.4) is 0 Å². The Balaban J connectivity index is 0.000000310. The van der Waals surface area contributed by atoms with Gasteiger partial charge < -0.3 is 4.90 Å². The molecule has 0 aromatic rings. The van der Waals surface area contributed by atoms with E-state index < -0.39 is 0 Å². The van der Waals surface area contributed by atoms with Gasteiger partial charge in [-0.05, 0) is 38.3 Å². The Kier molecular flexibility index (Phi) is 6.97. The molecule has 78 valence electrons. The van der Waals surface area contributed by atoms with Crippen LogP contribution in [-0.4, -0.2) is 25.0 Å². The topological polar surface area (TPSA) is 3.24 Å². The van der Waals surface area contributed by atoms with Gasteiger partial charge in [-0.15, -0.1) is 6.58 Å². The summed E-state index contributed by atoms with van der Waals surface area (Å²) in [7, 11) is 2.21. The van der Waals surface area contributed by atoms with Crippen molar-refractivity contribution >= 4 is 0 Å². The summed E-state index contributed by atoms with van der Waals surface area (Å²) >= 11 is 0. The molecule has 1 heteroatoms. The first-order valence-corrected chi connectivity index (χ1v) is 5.41. The summed E-state index contributed by atoms with van der Waals surface area (Å²) in [5, 5.41) is 0. The predicted molar refractivity (Wildman–Crippen MR) is 60.9 cm³/mol. The van der Waals surface area contributed by atoms with Crippen LogP contribution in [0.5, 0.6) is 0 Å². The van der Waals surface area contributed by atoms with Gasteiger partial charge in [0.2, 0.25) is 0 Å². The second-order valence-electron chi connectivity index (χ2n) is 4.25. The van der Waals surface area contributed by atoms with E-state index in [2.05, 4.69) is 39.3 Å². The number of allylic oxidation sites excluding steroid dienone is 1. The Morgan fingerprint density at radius 3 is 2.23 bits per heavy atom. The molecule has 1 atom stereocenters. The third-order valence-electron chi connectivity index (χ3n) is 2.66. The van der Waals surface area contributed by atoms with Crippen LogP contribution in [0.25, 0.3) is 0 Å². The minimum Gasteiger partial charge on any atom is -0.306 e. The van der Waals surface area contributed by atoms with E-state index in [0.29, 0.717) is 0 Å². The molecular formula is C12H25N. The second-order valence-corrected chi connectivity index (χ2v) is 4.25. The van der Waals surface area contributed by atoms with Crippen LogP contribution >= 0.6 is 0 Å². The minimum atomic E-state index is 0.884. The van der Waals surface area contributed by atoms with Gasteiger partial charge in [-0.3, -0.25) is 0 Å². The Morgan fingerprint density at radius 2 is 2.08 bits per heavy atom. The quantitative estimate of drug-likeness (QED) is 0.594. The van der Waals surface area contributed by atoms with Crippen LogP contribution in [0.15, 0.2) is 12.7 Å². The first-order chi connectivity index (χ1) is 6.11. The molecule has 0 N–H and O–H groups in total. The summed E-state index contributed by atoms with van der Waals surface area (Å²) in [4.78, 5) is 2.42. The van der Waals surface area contributed by atoms with E-state index in [1.807, 2.05) is 6.08 Å². The zero-order valence-corrected chi connectivity index (χ0v) is 9.71. The van der Waals surface area contributed by atoms with E-state index in [9.17, 15) is 0 Å². The lowest BCUT2D eigenvalue weighted by molar-refractivity contribution is 0.352. The van der Waals surface area contributed by atoms with Gasteiger partial charge in [0.25, 0.3) is 0 Å². The Bertz CT molecular complexity index is 129. The van der Waals surface area contributed by atoms with Gasteiger partial charge >= 0.3 is 0 Å². The van der Waals surface area contributed by atoms with Crippen LogP contribution in [0.1, 0.15) is 33.6 Å². The van der Waals surface area contributed by atoms with E-state index >= 15 is 0 Å². The number of likely N-dealkylation sites (tertiary alicyclic amines) is 1. The zero-order valence-electron chi connectivity index (χ0n) is 9.71. The lowest BCUT2D eigenvalue weighted by atomic mass is 9.95. The summed E-state index contributed by atoms with van der Waals surface area (Å²) in [5.41, 5.74) is 0. The van der Waals surface area contributed by atoms with Crippen LogP contribution < -0.4 is 0 Å². The molecule has 1 unspecified atom stereocenters. The number of nitrogens with zero attached hydrogens (tertiary/aromatic N) is 1. The molecule has 1 nitrogen and oxygen atoms in total. The molecule has 1 rings (SSSR count). The fourth-order valence-electron chi connectivity index (χ4n) is 1.51. The predicted octanol–water partition coefficient (Wildman–Crippen LogP) is 3.18. The molecule has 0 aliphatic carbocycles. The molecule has 0 radical (unpaired) electrons. The van der Waals surface area contributed by atoms with Crippen molar-refractivity contribution in [1.82, 2.24) is 4.90 Å². The van der Waals surface area contributed by atoms with E-state index in [1.54, 1.807) is 0 Å². The van der Waals surface area contributed by atoms with Crippen molar-refractivity contribution in [3.63, 3.8) is 0 Å². The van der Waals surface area contributed by atoms with Gasteiger partial charge in [0.1, 0.15) is 0 Å². The summed E-state index contributed by atoms with van der Waals surface area (Å²) in [6.07, 6.45) is 4.37. The Hall–Kier alpha value is -0.300. The van der Waals surface area contributed by atoms with E-state index in [1.165, 1.54) is 19.5 Å². The lowest BCUT2D eigenvalue weighted by Gasteiger charge is -2.13. The summed E-state index contributed by atoms with van der Waals surface area (Å²) in [5.74, 6) is 1.85. The minimum absolute atomic E-state index is 0.884. The molecule has 1 saturated heterocycles. The van der Waals surface area contributed by atoms with E-state index in [0.717, 1.165) is 18.3 Å². The molecule has 1 fully saturated rings. The van der Waals surface area contributed by atoms with Gasteiger partial charge in [-0.2, -0.15) is 0 Å². The van der Waals surface area contributed by atoms with Crippen molar-refractivity contribution < 1.29 is 0 Å². The highest BCUT2D eigenvalue weighted by Gasteiger charge is 2.21. The lowest BCUT2D eigenvalue weighted by Crippen LogP contribution is -2.16. The smallest absolute Gasteiger partial charge is 0.000953 e. The Labute approximate surface area is 83.8 Å². The van der Waals surface area contributed by atoms with Gasteiger partial charge in [-0.1, -0.05) is 26.8 Å². The molecule has 13 heavy (non-hydrogen) atoms. The van der Waals surface area contributed by atoms with Gasteiger partial charge in [0, 0.05) is 6.54 Å². The van der Waals surface area contributed by atoms with Crippen LogP contribution in [0, 0.1) is 11.8 Å². The van der Waals surface area contributed by atoms with E-state index in [-0.39, 0.29) is 0 Å². The summed E-state index contributed by atoms with van der Waals surface area (Å²) < 4.78 is 0. The molecule has 0 bridgehead atoms. The van der Waals surface area contributed by atoms with Gasteiger partial charge in [0.15, 0.2) is 0 Å². The largest absolute Gasteiger partial charge is 0.306 e. The molecule has 0 amide bonds. The van der Waals surface area contributed by atoms with Crippen molar-refractivity contribution in [3.8, 4) is 0 Å². The summed E-state index contributed by atoms with van der Waals surface area (Å²) in [6, 6.07) is 0. The van der Waals surface area contributed by atoms with Crippen molar-refractivity contribution in [2.75, 3.05) is 20.1 Å². The van der Waals surface area contributed by atoms with Crippen LogP contribution in [0.4, 0.5) is 0 Å². The van der Waals surface area contributed by atoms with Crippen molar-refractivity contribution in [3.05, 3.63) is 12.7 Å². The highest BCUT2D eigenvalue weighted by molar-refractivity contribution is 4.74. The third kappa shape index (κ3) is 5.87. The van der Waals surface area contributed by atoms with E-state index in [4.69, 9.17) is 0 Å². The fourth-order valence-corrected chi connectivity index (χ4v) is 1.51. The Morgan fingerprint density at radius 1 is 1.54 bits per heavy atom. The molecular weight excluding hydrogens is 158 g/mol. The average Bonchev–Trinajstić information content (AvgIpc) is 2.52. The molecule has 1 heterocycles. The second kappa shape index (κ2) is 7.14. The SMILES string of the molecule is C=CCC.CC(C)C1CCN(C)C1. The zero-order chi connectivity index (χ0) is 10.3. The van der Waals surface area contributed by atoms with Gasteiger partial charge in [-0.25, -0.2) is 0 Å². The molecule has 0 aromatic heterocycles. The first kappa shape index (κ1) is 12.7. The summed E-state index contributed by atoms with van der Waals surface area (Å²) in [6.45, 7) is 12.8. The molecule has 0 saturated carbocycles. The number of hydrogen-bond donors (Lipinski definition) is 0. The molecule has 1 aliphatic rings. The maximum Gasteiger partial charge on any atom is 0.000953 e. The average molecular weight is 183 g/mol. The highest BCUT2D eigenvalue weighted by Crippen LogP contribution is 2.21. The maximum atomic E-state index is 3.48. The number of hydrogen-bond acceptors (Lipinski definition) is 1. The monoisotopic (exact) mass is 183 g/mol.